The number of aliphatic hydroxyl groups is 2. The van der Waals surface area contributed by atoms with Gasteiger partial charge in [-0.2, -0.15) is 0 Å². The third kappa shape index (κ3) is 33.1. The van der Waals surface area contributed by atoms with E-state index in [-0.39, 0.29) is 12.8 Å². The Labute approximate surface area is 297 Å². The third-order valence-corrected chi connectivity index (χ3v) is 8.76. The number of aliphatic hydroxyl groups excluding tert-OH is 2. The molecule has 49 heavy (non-hydrogen) atoms. The Morgan fingerprint density at radius 1 is 0.551 bits per heavy atom. The van der Waals surface area contributed by atoms with Crippen LogP contribution >= 0.6 is 7.82 Å². The number of hydrogen-bond donors (Lipinski definition) is 3. The van der Waals surface area contributed by atoms with Gasteiger partial charge in [0.2, 0.25) is 0 Å². The number of phosphoric ester groups is 1. The molecule has 0 rings (SSSR count). The average molecular weight is 717 g/mol. The zero-order chi connectivity index (χ0) is 36.3. The highest BCUT2D eigenvalue weighted by Crippen LogP contribution is 2.43. The van der Waals surface area contributed by atoms with Crippen molar-refractivity contribution in [2.75, 3.05) is 26.4 Å². The lowest BCUT2D eigenvalue weighted by molar-refractivity contribution is -0.153. The second kappa shape index (κ2) is 34.6. The fourth-order valence-corrected chi connectivity index (χ4v) is 5.64. The van der Waals surface area contributed by atoms with Crippen molar-refractivity contribution in [2.24, 2.45) is 0 Å². The molecule has 0 amide bonds. The summed E-state index contributed by atoms with van der Waals surface area (Å²) in [4.78, 5) is 34.3. The molecule has 0 heterocycles. The Morgan fingerprint density at radius 2 is 0.939 bits per heavy atom. The van der Waals surface area contributed by atoms with E-state index in [9.17, 15) is 29.3 Å². The van der Waals surface area contributed by atoms with Crippen molar-refractivity contribution in [2.45, 2.75) is 167 Å². The van der Waals surface area contributed by atoms with Gasteiger partial charge >= 0.3 is 19.8 Å². The first-order chi connectivity index (χ1) is 23.8. The minimum absolute atomic E-state index is 0.175. The van der Waals surface area contributed by atoms with Gasteiger partial charge in [0.05, 0.1) is 26.4 Å². The summed E-state index contributed by atoms with van der Waals surface area (Å²) in [5, 5.41) is 19.1. The molecule has 286 valence electrons. The summed E-state index contributed by atoms with van der Waals surface area (Å²) in [5.41, 5.74) is 0. The first kappa shape index (κ1) is 47.2. The van der Waals surface area contributed by atoms with Crippen molar-refractivity contribution >= 4 is 19.8 Å². The Kier molecular flexibility index (Phi) is 33.4. The highest BCUT2D eigenvalue weighted by molar-refractivity contribution is 7.47. The van der Waals surface area contributed by atoms with Crippen molar-refractivity contribution < 1.29 is 47.8 Å². The molecule has 0 radical (unpaired) electrons. The van der Waals surface area contributed by atoms with Gasteiger partial charge in [0.25, 0.3) is 0 Å². The molecule has 0 aromatic rings. The highest BCUT2D eigenvalue weighted by Gasteiger charge is 2.27. The monoisotopic (exact) mass is 716 g/mol. The topological polar surface area (TPSA) is 149 Å². The molecule has 0 saturated heterocycles. The summed E-state index contributed by atoms with van der Waals surface area (Å²) in [5.74, 6) is -1.05. The normalized spacial score (nSPS) is 14.5. The van der Waals surface area contributed by atoms with Gasteiger partial charge in [0.1, 0.15) is 12.2 Å². The summed E-state index contributed by atoms with van der Waals surface area (Å²) in [6.07, 6.45) is 32.7. The van der Waals surface area contributed by atoms with Crippen molar-refractivity contribution in [3.05, 3.63) is 36.5 Å². The first-order valence-electron chi connectivity index (χ1n) is 18.9. The highest BCUT2D eigenvalue weighted by atomic mass is 31.2. The standard InChI is InChI=1S/C38H69O10P/c1-3-5-7-9-11-13-15-16-17-18-19-20-22-24-26-28-30-38(42)48-36(32-40)34-46-49(43,44)45-33-35(31-39)47-37(41)29-27-25-23-21-14-12-10-8-6-4-2/h8,10,13,15,17-18,35-36,39-40H,3-7,9,11-12,14,16,19-34H2,1-2H3,(H,43,44)/b10-8-,15-13-,18-17-. The lowest BCUT2D eigenvalue weighted by Gasteiger charge is -2.20. The van der Waals surface area contributed by atoms with Crippen LogP contribution in [0.25, 0.3) is 0 Å². The smallest absolute Gasteiger partial charge is 0.457 e. The molecule has 0 bridgehead atoms. The van der Waals surface area contributed by atoms with Crippen LogP contribution in [0.4, 0.5) is 0 Å². The van der Waals surface area contributed by atoms with E-state index in [0.717, 1.165) is 83.5 Å². The van der Waals surface area contributed by atoms with Crippen molar-refractivity contribution in [3.63, 3.8) is 0 Å². The fraction of sp³-hybridized carbons (Fsp3) is 0.789. The van der Waals surface area contributed by atoms with E-state index in [1.165, 1.54) is 32.1 Å². The summed E-state index contributed by atoms with van der Waals surface area (Å²) in [6, 6.07) is 0. The Hall–Kier alpha value is -1.81. The van der Waals surface area contributed by atoms with Gasteiger partial charge in [0.15, 0.2) is 0 Å². The lowest BCUT2D eigenvalue weighted by Crippen LogP contribution is -2.28. The van der Waals surface area contributed by atoms with Crippen molar-refractivity contribution in [1.29, 1.82) is 0 Å². The number of rotatable bonds is 35. The van der Waals surface area contributed by atoms with Gasteiger partial charge in [-0.05, 0) is 64.2 Å². The first-order valence-corrected chi connectivity index (χ1v) is 20.4. The van der Waals surface area contributed by atoms with Gasteiger partial charge in [-0.15, -0.1) is 0 Å². The Balaban J connectivity index is 4.01. The van der Waals surface area contributed by atoms with Gasteiger partial charge in [-0.3, -0.25) is 18.6 Å². The van der Waals surface area contributed by atoms with E-state index in [2.05, 4.69) is 50.3 Å². The molecule has 0 fully saturated rings. The summed E-state index contributed by atoms with van der Waals surface area (Å²) >= 11 is 0. The molecule has 3 N–H and O–H groups in total. The van der Waals surface area contributed by atoms with Crippen LogP contribution in [0, 0.1) is 0 Å². The average Bonchev–Trinajstić information content (AvgIpc) is 3.09. The van der Waals surface area contributed by atoms with Crippen LogP contribution in [-0.2, 0) is 32.7 Å². The van der Waals surface area contributed by atoms with E-state index >= 15 is 0 Å². The number of phosphoric acid groups is 1. The van der Waals surface area contributed by atoms with Gasteiger partial charge in [-0.25, -0.2) is 4.57 Å². The maximum absolute atomic E-state index is 12.3. The summed E-state index contributed by atoms with van der Waals surface area (Å²) < 4.78 is 32.4. The predicted octanol–water partition coefficient (Wildman–Crippen LogP) is 9.22. The number of carbonyl (C=O) groups excluding carboxylic acids is 2. The number of ether oxygens (including phenoxy) is 2. The molecule has 3 atom stereocenters. The molecule has 0 saturated carbocycles. The van der Waals surface area contributed by atoms with Crippen LogP contribution in [0.15, 0.2) is 36.5 Å². The predicted molar refractivity (Wildman–Crippen MR) is 196 cm³/mol. The number of carbonyl (C=O) groups is 2. The number of esters is 2. The van der Waals surface area contributed by atoms with Crippen LogP contribution in [0.1, 0.15) is 155 Å². The molecule has 3 unspecified atom stereocenters. The van der Waals surface area contributed by atoms with Crippen LogP contribution in [-0.4, -0.2) is 65.7 Å². The van der Waals surface area contributed by atoms with E-state index in [4.69, 9.17) is 18.5 Å². The second-order valence-corrected chi connectivity index (χ2v) is 14.0. The molecule has 0 spiro atoms. The van der Waals surface area contributed by atoms with Crippen molar-refractivity contribution in [3.8, 4) is 0 Å². The zero-order valence-corrected chi connectivity index (χ0v) is 31.5. The molecule has 0 aliphatic rings. The largest absolute Gasteiger partial charge is 0.472 e. The minimum Gasteiger partial charge on any atom is -0.457 e. The summed E-state index contributed by atoms with van der Waals surface area (Å²) in [7, 11) is -4.63. The van der Waals surface area contributed by atoms with Crippen molar-refractivity contribution in [1.82, 2.24) is 0 Å². The maximum atomic E-state index is 12.3. The fourth-order valence-electron chi connectivity index (χ4n) is 4.85. The van der Waals surface area contributed by atoms with Crippen LogP contribution in [0.2, 0.25) is 0 Å². The van der Waals surface area contributed by atoms with Crippen LogP contribution < -0.4 is 0 Å². The Morgan fingerprint density at radius 3 is 1.37 bits per heavy atom. The lowest BCUT2D eigenvalue weighted by atomic mass is 10.1. The zero-order valence-electron chi connectivity index (χ0n) is 30.7. The van der Waals surface area contributed by atoms with Gasteiger partial charge < -0.3 is 24.6 Å². The molecular weight excluding hydrogens is 647 g/mol. The molecule has 10 nitrogen and oxygen atoms in total. The summed E-state index contributed by atoms with van der Waals surface area (Å²) in [6.45, 7) is 2.07. The van der Waals surface area contributed by atoms with Gasteiger partial charge in [-0.1, -0.05) is 115 Å². The van der Waals surface area contributed by atoms with E-state index in [1.54, 1.807) is 0 Å². The molecule has 0 aliphatic heterocycles. The molecule has 0 aromatic carbocycles. The van der Waals surface area contributed by atoms with E-state index in [1.807, 2.05) is 0 Å². The van der Waals surface area contributed by atoms with E-state index in [0.29, 0.717) is 12.8 Å². The number of allylic oxidation sites excluding steroid dienone is 6. The quantitative estimate of drug-likeness (QED) is 0.0251. The van der Waals surface area contributed by atoms with Crippen LogP contribution in [0.3, 0.4) is 0 Å². The molecular formula is C38H69O10P. The molecule has 0 aliphatic carbocycles. The third-order valence-electron chi connectivity index (χ3n) is 7.81. The molecule has 11 heteroatoms. The van der Waals surface area contributed by atoms with Gasteiger partial charge in [0, 0.05) is 12.8 Å². The maximum Gasteiger partial charge on any atom is 0.472 e. The number of hydrogen-bond acceptors (Lipinski definition) is 9. The van der Waals surface area contributed by atoms with Crippen LogP contribution in [0.5, 0.6) is 0 Å². The Bertz CT molecular complexity index is 920. The second-order valence-electron chi connectivity index (χ2n) is 12.5. The van der Waals surface area contributed by atoms with E-state index < -0.39 is 58.4 Å². The number of unbranched alkanes of at least 4 members (excludes halogenated alkanes) is 15. The SMILES string of the molecule is CCC/C=C\CCCCCCCC(=O)OC(CO)COP(=O)(O)OCC(CO)OC(=O)CCCCCCC/C=C\C/C=C\CCCCCC. The minimum atomic E-state index is -4.63. The molecule has 0 aromatic heterocycles.